The van der Waals surface area contributed by atoms with Gasteiger partial charge in [-0.3, -0.25) is 0 Å². The van der Waals surface area contributed by atoms with E-state index in [-0.39, 0.29) is 0 Å². The molecule has 0 amide bonds. The standard InChI is InChI=1S/C25H29NO3/c1-20(2)19-29-23-14-12-21(13-15-23)18-26-24-10-6-7-11-25(24)28-17-16-27-22-8-4-3-5-9-22/h3-15,20,26H,16-19H2,1-2H3. The Morgan fingerprint density at radius 3 is 2.10 bits per heavy atom. The molecule has 1 N–H and O–H groups in total. The normalized spacial score (nSPS) is 10.6. The first-order valence-corrected chi connectivity index (χ1v) is 10.1. The first-order valence-electron chi connectivity index (χ1n) is 10.1. The first-order chi connectivity index (χ1) is 14.2. The molecular formula is C25H29NO3. The third-order valence-electron chi connectivity index (χ3n) is 4.23. The van der Waals surface area contributed by atoms with Crippen molar-refractivity contribution in [1.82, 2.24) is 0 Å². The van der Waals surface area contributed by atoms with E-state index < -0.39 is 0 Å². The SMILES string of the molecule is CC(C)COc1ccc(CNc2ccccc2OCCOc2ccccc2)cc1. The zero-order valence-electron chi connectivity index (χ0n) is 17.1. The quantitative estimate of drug-likeness (QED) is 0.420. The van der Waals surface area contributed by atoms with Gasteiger partial charge in [0, 0.05) is 6.54 Å². The van der Waals surface area contributed by atoms with Crippen LogP contribution >= 0.6 is 0 Å². The van der Waals surface area contributed by atoms with Gasteiger partial charge >= 0.3 is 0 Å². The van der Waals surface area contributed by atoms with Crippen molar-refractivity contribution >= 4 is 5.69 Å². The smallest absolute Gasteiger partial charge is 0.142 e. The number of para-hydroxylation sites is 3. The van der Waals surface area contributed by atoms with Gasteiger partial charge in [0.25, 0.3) is 0 Å². The van der Waals surface area contributed by atoms with Crippen molar-refractivity contribution in [2.24, 2.45) is 5.92 Å². The van der Waals surface area contributed by atoms with Crippen LogP contribution in [-0.2, 0) is 6.54 Å². The van der Waals surface area contributed by atoms with E-state index in [2.05, 4.69) is 31.3 Å². The van der Waals surface area contributed by atoms with Crippen LogP contribution in [0.4, 0.5) is 5.69 Å². The molecular weight excluding hydrogens is 362 g/mol. The lowest BCUT2D eigenvalue weighted by Crippen LogP contribution is -2.10. The number of ether oxygens (including phenoxy) is 3. The van der Waals surface area contributed by atoms with Gasteiger partial charge in [-0.25, -0.2) is 0 Å². The second-order valence-electron chi connectivity index (χ2n) is 7.21. The molecule has 0 heterocycles. The monoisotopic (exact) mass is 391 g/mol. The summed E-state index contributed by atoms with van der Waals surface area (Å²) >= 11 is 0. The van der Waals surface area contributed by atoms with Crippen LogP contribution in [0.1, 0.15) is 19.4 Å². The molecule has 3 aromatic rings. The summed E-state index contributed by atoms with van der Waals surface area (Å²) in [5.74, 6) is 3.10. The number of hydrogen-bond donors (Lipinski definition) is 1. The molecule has 0 unspecified atom stereocenters. The van der Waals surface area contributed by atoms with E-state index in [9.17, 15) is 0 Å². The topological polar surface area (TPSA) is 39.7 Å². The molecule has 4 heteroatoms. The van der Waals surface area contributed by atoms with Crippen LogP contribution in [-0.4, -0.2) is 19.8 Å². The lowest BCUT2D eigenvalue weighted by molar-refractivity contribution is 0.218. The van der Waals surface area contributed by atoms with Gasteiger partial charge < -0.3 is 19.5 Å². The number of hydrogen-bond acceptors (Lipinski definition) is 4. The Bertz CT molecular complexity index is 847. The summed E-state index contributed by atoms with van der Waals surface area (Å²) < 4.78 is 17.3. The van der Waals surface area contributed by atoms with Crippen LogP contribution < -0.4 is 19.5 Å². The molecule has 0 atom stereocenters. The number of rotatable bonds is 11. The minimum atomic E-state index is 0.482. The van der Waals surface area contributed by atoms with Crippen LogP contribution in [0.2, 0.25) is 0 Å². The maximum atomic E-state index is 5.91. The Balaban J connectivity index is 1.47. The molecule has 0 spiro atoms. The summed E-state index contributed by atoms with van der Waals surface area (Å²) in [4.78, 5) is 0. The molecule has 29 heavy (non-hydrogen) atoms. The molecule has 0 aromatic heterocycles. The summed E-state index contributed by atoms with van der Waals surface area (Å²) in [6.07, 6.45) is 0. The maximum Gasteiger partial charge on any atom is 0.142 e. The molecule has 0 saturated carbocycles. The van der Waals surface area contributed by atoms with Crippen molar-refractivity contribution < 1.29 is 14.2 Å². The molecule has 0 radical (unpaired) electrons. The summed E-state index contributed by atoms with van der Waals surface area (Å²) in [7, 11) is 0. The molecule has 0 fully saturated rings. The molecule has 0 aliphatic rings. The van der Waals surface area contributed by atoms with Crippen molar-refractivity contribution in [3.63, 3.8) is 0 Å². The third kappa shape index (κ3) is 7.07. The van der Waals surface area contributed by atoms with Gasteiger partial charge in [0.2, 0.25) is 0 Å². The van der Waals surface area contributed by atoms with Crippen molar-refractivity contribution in [2.45, 2.75) is 20.4 Å². The van der Waals surface area contributed by atoms with Gasteiger partial charge in [-0.1, -0.05) is 56.3 Å². The van der Waals surface area contributed by atoms with Crippen molar-refractivity contribution in [3.05, 3.63) is 84.4 Å². The molecule has 0 aliphatic carbocycles. The lowest BCUT2D eigenvalue weighted by atomic mass is 10.2. The van der Waals surface area contributed by atoms with E-state index in [1.54, 1.807) is 0 Å². The average Bonchev–Trinajstić information content (AvgIpc) is 2.76. The number of nitrogens with one attached hydrogen (secondary N) is 1. The fourth-order valence-electron chi connectivity index (χ4n) is 2.73. The van der Waals surface area contributed by atoms with Crippen LogP contribution in [0.15, 0.2) is 78.9 Å². The minimum absolute atomic E-state index is 0.482. The average molecular weight is 392 g/mol. The highest BCUT2D eigenvalue weighted by Gasteiger charge is 2.04. The highest BCUT2D eigenvalue weighted by molar-refractivity contribution is 5.56. The fourth-order valence-corrected chi connectivity index (χ4v) is 2.73. The molecule has 152 valence electrons. The third-order valence-corrected chi connectivity index (χ3v) is 4.23. The first kappa shape index (κ1) is 20.6. The second-order valence-corrected chi connectivity index (χ2v) is 7.21. The van der Waals surface area contributed by atoms with Crippen molar-refractivity contribution in [1.29, 1.82) is 0 Å². The van der Waals surface area contributed by atoms with Gasteiger partial charge in [-0.2, -0.15) is 0 Å². The van der Waals surface area contributed by atoms with Crippen molar-refractivity contribution in [3.8, 4) is 17.2 Å². The number of anilines is 1. The van der Waals surface area contributed by atoms with Gasteiger partial charge in [-0.05, 0) is 47.9 Å². The second kappa shape index (κ2) is 11.0. The summed E-state index contributed by atoms with van der Waals surface area (Å²) in [5, 5.41) is 3.45. The molecule has 3 rings (SSSR count). The van der Waals surface area contributed by atoms with E-state index in [1.807, 2.05) is 66.7 Å². The van der Waals surface area contributed by atoms with Crippen LogP contribution in [0, 0.1) is 5.92 Å². The summed E-state index contributed by atoms with van der Waals surface area (Å²) in [6.45, 7) is 6.71. The Hall–Kier alpha value is -3.14. The number of benzene rings is 3. The van der Waals surface area contributed by atoms with Gasteiger partial charge in [-0.15, -0.1) is 0 Å². The highest BCUT2D eigenvalue weighted by Crippen LogP contribution is 2.24. The molecule has 3 aromatic carbocycles. The van der Waals surface area contributed by atoms with Crippen LogP contribution in [0.3, 0.4) is 0 Å². The zero-order chi connectivity index (χ0) is 20.3. The zero-order valence-corrected chi connectivity index (χ0v) is 17.1. The van der Waals surface area contributed by atoms with E-state index in [4.69, 9.17) is 14.2 Å². The maximum absolute atomic E-state index is 5.91. The minimum Gasteiger partial charge on any atom is -0.493 e. The Kier molecular flexibility index (Phi) is 7.81. The van der Waals surface area contributed by atoms with Crippen molar-refractivity contribution in [2.75, 3.05) is 25.1 Å². The van der Waals surface area contributed by atoms with E-state index >= 15 is 0 Å². The van der Waals surface area contributed by atoms with Gasteiger partial charge in [0.15, 0.2) is 0 Å². The van der Waals surface area contributed by atoms with Crippen LogP contribution in [0.25, 0.3) is 0 Å². The van der Waals surface area contributed by atoms with E-state index in [0.29, 0.717) is 25.7 Å². The predicted octanol–water partition coefficient (Wildman–Crippen LogP) is 5.79. The summed E-state index contributed by atoms with van der Waals surface area (Å²) in [6, 6.07) is 25.9. The Morgan fingerprint density at radius 2 is 1.34 bits per heavy atom. The van der Waals surface area contributed by atoms with Gasteiger partial charge in [0.05, 0.1) is 12.3 Å². The lowest BCUT2D eigenvalue weighted by Gasteiger charge is -2.14. The predicted molar refractivity (Wildman–Crippen MR) is 118 cm³/mol. The molecule has 4 nitrogen and oxygen atoms in total. The van der Waals surface area contributed by atoms with E-state index in [0.717, 1.165) is 29.5 Å². The van der Waals surface area contributed by atoms with E-state index in [1.165, 1.54) is 5.56 Å². The largest absolute Gasteiger partial charge is 0.493 e. The molecule has 0 aliphatic heterocycles. The highest BCUT2D eigenvalue weighted by atomic mass is 16.5. The fraction of sp³-hybridized carbons (Fsp3) is 0.280. The summed E-state index contributed by atoms with van der Waals surface area (Å²) in [5.41, 5.74) is 2.15. The van der Waals surface area contributed by atoms with Crippen LogP contribution in [0.5, 0.6) is 17.2 Å². The molecule has 0 bridgehead atoms. The van der Waals surface area contributed by atoms with Gasteiger partial charge in [0.1, 0.15) is 30.5 Å². The Labute approximate surface area is 173 Å². The molecule has 0 saturated heterocycles. The Morgan fingerprint density at radius 1 is 0.690 bits per heavy atom.